The summed E-state index contributed by atoms with van der Waals surface area (Å²) in [5, 5.41) is 5.95. The lowest BCUT2D eigenvalue weighted by Gasteiger charge is -2.25. The summed E-state index contributed by atoms with van der Waals surface area (Å²) in [6.07, 6.45) is 2.43. The number of carbonyl (C=O) groups excluding carboxylic acids is 2. The van der Waals surface area contributed by atoms with Crippen molar-refractivity contribution in [1.82, 2.24) is 5.32 Å². The Kier molecular flexibility index (Phi) is 6.62. The zero-order valence-corrected chi connectivity index (χ0v) is 17.3. The van der Waals surface area contributed by atoms with Crippen LogP contribution in [-0.4, -0.2) is 25.0 Å². The van der Waals surface area contributed by atoms with Gasteiger partial charge in [0.05, 0.1) is 5.92 Å². The lowest BCUT2D eigenvalue weighted by molar-refractivity contribution is -0.126. The summed E-state index contributed by atoms with van der Waals surface area (Å²) >= 11 is 0. The summed E-state index contributed by atoms with van der Waals surface area (Å²) in [4.78, 5) is 25.0. The average Bonchev–Trinajstić information content (AvgIpc) is 2.82. The van der Waals surface area contributed by atoms with Crippen LogP contribution in [0.5, 0.6) is 5.75 Å². The fourth-order valence-electron chi connectivity index (χ4n) is 3.73. The van der Waals surface area contributed by atoms with E-state index in [-0.39, 0.29) is 17.7 Å². The molecule has 31 heavy (non-hydrogen) atoms. The largest absolute Gasteiger partial charge is 0.492 e. The van der Waals surface area contributed by atoms with E-state index < -0.39 is 0 Å². The number of rotatable bonds is 7. The van der Waals surface area contributed by atoms with Crippen molar-refractivity contribution >= 4 is 17.5 Å². The predicted molar refractivity (Wildman–Crippen MR) is 121 cm³/mol. The van der Waals surface area contributed by atoms with E-state index in [2.05, 4.69) is 22.8 Å². The predicted octanol–water partition coefficient (Wildman–Crippen LogP) is 4.24. The highest BCUT2D eigenvalue weighted by Crippen LogP contribution is 2.30. The van der Waals surface area contributed by atoms with Gasteiger partial charge >= 0.3 is 0 Å². The molecule has 4 rings (SSSR count). The molecule has 5 nitrogen and oxygen atoms in total. The Morgan fingerprint density at radius 3 is 2.45 bits per heavy atom. The highest BCUT2D eigenvalue weighted by molar-refractivity contribution is 6.04. The molecular formula is C26H26N2O3. The first-order valence-corrected chi connectivity index (χ1v) is 10.6. The van der Waals surface area contributed by atoms with Gasteiger partial charge in [-0.25, -0.2) is 0 Å². The molecule has 1 aliphatic rings. The minimum Gasteiger partial charge on any atom is -0.492 e. The first kappa shape index (κ1) is 20.7. The van der Waals surface area contributed by atoms with Gasteiger partial charge in [0.25, 0.3) is 5.91 Å². The number of anilines is 1. The summed E-state index contributed by atoms with van der Waals surface area (Å²) in [6, 6.07) is 24.9. The SMILES string of the molecule is O=C(Nc1ccc2c(c1)CC(C(=O)NCCCc1ccccc1)CO2)c1ccccc1. The molecule has 5 heteroatoms. The Morgan fingerprint density at radius 1 is 0.935 bits per heavy atom. The molecule has 2 amide bonds. The third-order valence-electron chi connectivity index (χ3n) is 5.42. The molecule has 0 spiro atoms. The van der Waals surface area contributed by atoms with Gasteiger partial charge in [0.15, 0.2) is 0 Å². The lowest BCUT2D eigenvalue weighted by atomic mass is 9.95. The van der Waals surface area contributed by atoms with Crippen LogP contribution in [-0.2, 0) is 17.6 Å². The summed E-state index contributed by atoms with van der Waals surface area (Å²) in [6.45, 7) is 1.01. The molecule has 3 aromatic rings. The van der Waals surface area contributed by atoms with Crippen molar-refractivity contribution in [2.24, 2.45) is 5.92 Å². The van der Waals surface area contributed by atoms with Gasteiger partial charge in [-0.1, -0.05) is 48.5 Å². The van der Waals surface area contributed by atoms with E-state index >= 15 is 0 Å². The second kappa shape index (κ2) is 9.94. The van der Waals surface area contributed by atoms with Crippen molar-refractivity contribution in [1.29, 1.82) is 0 Å². The molecule has 1 heterocycles. The third kappa shape index (κ3) is 5.51. The van der Waals surface area contributed by atoms with Gasteiger partial charge < -0.3 is 15.4 Å². The van der Waals surface area contributed by atoms with Gasteiger partial charge in [0, 0.05) is 17.8 Å². The van der Waals surface area contributed by atoms with Gasteiger partial charge in [-0.3, -0.25) is 9.59 Å². The van der Waals surface area contributed by atoms with Gasteiger partial charge in [0.1, 0.15) is 12.4 Å². The molecule has 3 aromatic carbocycles. The smallest absolute Gasteiger partial charge is 0.255 e. The maximum atomic E-state index is 12.6. The number of amides is 2. The van der Waals surface area contributed by atoms with Crippen molar-refractivity contribution in [2.45, 2.75) is 19.3 Å². The normalized spacial score (nSPS) is 14.8. The van der Waals surface area contributed by atoms with Crippen LogP contribution in [0.4, 0.5) is 5.69 Å². The molecule has 0 radical (unpaired) electrons. The summed E-state index contributed by atoms with van der Waals surface area (Å²) < 4.78 is 5.80. The highest BCUT2D eigenvalue weighted by atomic mass is 16.5. The number of nitrogens with one attached hydrogen (secondary N) is 2. The zero-order valence-electron chi connectivity index (χ0n) is 17.3. The summed E-state index contributed by atoms with van der Waals surface area (Å²) in [5.41, 5.74) is 3.50. The lowest BCUT2D eigenvalue weighted by Crippen LogP contribution is -2.37. The molecule has 0 aliphatic carbocycles. The number of ether oxygens (including phenoxy) is 1. The van der Waals surface area contributed by atoms with Crippen molar-refractivity contribution in [3.63, 3.8) is 0 Å². The van der Waals surface area contributed by atoms with Crippen molar-refractivity contribution < 1.29 is 14.3 Å². The monoisotopic (exact) mass is 414 g/mol. The maximum Gasteiger partial charge on any atom is 0.255 e. The number of hydrogen-bond acceptors (Lipinski definition) is 3. The van der Waals surface area contributed by atoms with Crippen LogP contribution in [0.25, 0.3) is 0 Å². The van der Waals surface area contributed by atoms with Crippen LogP contribution in [0.2, 0.25) is 0 Å². The van der Waals surface area contributed by atoms with Crippen molar-refractivity contribution in [2.75, 3.05) is 18.5 Å². The summed E-state index contributed by atoms with van der Waals surface area (Å²) in [5.74, 6) is 0.387. The molecule has 0 aromatic heterocycles. The number of fused-ring (bicyclic) bond motifs is 1. The molecule has 0 fully saturated rings. The van der Waals surface area contributed by atoms with E-state index in [1.165, 1.54) is 5.56 Å². The Hall–Kier alpha value is -3.60. The Labute approximate surface area is 182 Å². The molecule has 2 N–H and O–H groups in total. The number of aryl methyl sites for hydroxylation is 1. The van der Waals surface area contributed by atoms with Crippen molar-refractivity contribution in [3.8, 4) is 5.75 Å². The Bertz CT molecular complexity index is 1040. The van der Waals surface area contributed by atoms with Gasteiger partial charge in [0.2, 0.25) is 5.91 Å². The van der Waals surface area contributed by atoms with Gasteiger partial charge in [-0.15, -0.1) is 0 Å². The van der Waals surface area contributed by atoms with E-state index in [1.807, 2.05) is 54.6 Å². The van der Waals surface area contributed by atoms with Crippen LogP contribution in [0.15, 0.2) is 78.9 Å². The standard InChI is InChI=1S/C26H26N2O3/c29-25(27-15-7-10-19-8-3-1-4-9-19)22-16-21-17-23(13-14-24(21)31-18-22)28-26(30)20-11-5-2-6-12-20/h1-6,8-9,11-14,17,22H,7,10,15-16,18H2,(H,27,29)(H,28,30). The number of carbonyl (C=O) groups is 2. The quantitative estimate of drug-likeness (QED) is 0.569. The molecule has 0 saturated heterocycles. The summed E-state index contributed by atoms with van der Waals surface area (Å²) in [7, 11) is 0. The van der Waals surface area contributed by atoms with Crippen LogP contribution in [0.3, 0.4) is 0 Å². The van der Waals surface area contributed by atoms with E-state index in [0.717, 1.165) is 24.2 Å². The Balaban J connectivity index is 1.30. The van der Waals surface area contributed by atoms with Crippen LogP contribution < -0.4 is 15.4 Å². The van der Waals surface area contributed by atoms with E-state index in [1.54, 1.807) is 12.1 Å². The number of hydrogen-bond donors (Lipinski definition) is 2. The Morgan fingerprint density at radius 2 is 1.68 bits per heavy atom. The molecule has 0 bridgehead atoms. The second-order valence-corrected chi connectivity index (χ2v) is 7.73. The van der Waals surface area contributed by atoms with Crippen LogP contribution in [0, 0.1) is 5.92 Å². The molecule has 1 unspecified atom stereocenters. The highest BCUT2D eigenvalue weighted by Gasteiger charge is 2.26. The maximum absolute atomic E-state index is 12.6. The molecular weight excluding hydrogens is 388 g/mol. The fourth-order valence-corrected chi connectivity index (χ4v) is 3.73. The first-order valence-electron chi connectivity index (χ1n) is 10.6. The average molecular weight is 415 g/mol. The molecule has 1 atom stereocenters. The third-order valence-corrected chi connectivity index (χ3v) is 5.42. The topological polar surface area (TPSA) is 67.4 Å². The van der Waals surface area contributed by atoms with E-state index in [4.69, 9.17) is 4.74 Å². The minimum absolute atomic E-state index is 0.0115. The van der Waals surface area contributed by atoms with Crippen molar-refractivity contribution in [3.05, 3.63) is 95.6 Å². The molecule has 0 saturated carbocycles. The van der Waals surface area contributed by atoms with E-state index in [9.17, 15) is 9.59 Å². The van der Waals surface area contributed by atoms with E-state index in [0.29, 0.717) is 30.8 Å². The second-order valence-electron chi connectivity index (χ2n) is 7.73. The minimum atomic E-state index is -0.232. The first-order chi connectivity index (χ1) is 15.2. The number of benzene rings is 3. The van der Waals surface area contributed by atoms with Crippen LogP contribution in [0.1, 0.15) is 27.9 Å². The van der Waals surface area contributed by atoms with Gasteiger partial charge in [-0.05, 0) is 60.7 Å². The molecule has 158 valence electrons. The molecule has 1 aliphatic heterocycles. The van der Waals surface area contributed by atoms with Crippen LogP contribution >= 0.6 is 0 Å². The van der Waals surface area contributed by atoms with Gasteiger partial charge in [-0.2, -0.15) is 0 Å². The fraction of sp³-hybridized carbons (Fsp3) is 0.231. The zero-order chi connectivity index (χ0) is 21.5.